The van der Waals surface area contributed by atoms with Crippen molar-refractivity contribution in [3.05, 3.63) is 46.6 Å². The Kier molecular flexibility index (Phi) is 8.36. The van der Waals surface area contributed by atoms with Crippen molar-refractivity contribution in [1.29, 1.82) is 0 Å². The van der Waals surface area contributed by atoms with Crippen molar-refractivity contribution in [2.45, 2.75) is 65.2 Å². The lowest BCUT2D eigenvalue weighted by atomic mass is 9.73. The maximum Gasteiger partial charge on any atom is 0.341 e. The molecule has 0 N–H and O–H groups in total. The number of methoxy groups -OCH3 is 3. The van der Waals surface area contributed by atoms with Crippen LogP contribution in [0.3, 0.4) is 0 Å². The van der Waals surface area contributed by atoms with Crippen LogP contribution in [-0.2, 0) is 11.2 Å². The minimum atomic E-state index is -0.361. The highest BCUT2D eigenvalue weighted by Crippen LogP contribution is 2.48. The monoisotopic (exact) mass is 400 g/mol. The molecule has 29 heavy (non-hydrogen) atoms. The summed E-state index contributed by atoms with van der Waals surface area (Å²) in [6.45, 7) is 10.6. The maximum atomic E-state index is 12.8. The molecule has 0 unspecified atom stereocenters. The van der Waals surface area contributed by atoms with Gasteiger partial charge in [-0.1, -0.05) is 43.6 Å². The Morgan fingerprint density at radius 3 is 2.48 bits per heavy atom. The lowest BCUT2D eigenvalue weighted by Gasteiger charge is -2.33. The highest BCUT2D eigenvalue weighted by molar-refractivity contribution is 5.95. The number of unbranched alkanes of at least 4 members (excludes halogenated alkanes) is 2. The van der Waals surface area contributed by atoms with E-state index in [4.69, 9.17) is 14.2 Å². The Bertz CT molecular complexity index is 776. The summed E-state index contributed by atoms with van der Waals surface area (Å²) in [4.78, 5) is 12.8. The zero-order chi connectivity index (χ0) is 21.6. The highest BCUT2D eigenvalue weighted by atomic mass is 16.5. The van der Waals surface area contributed by atoms with Gasteiger partial charge < -0.3 is 14.2 Å². The number of aryl methyl sites for hydroxylation is 1. The average Bonchev–Trinajstić information content (AvgIpc) is 2.71. The fourth-order valence-electron chi connectivity index (χ4n) is 4.39. The number of allylic oxidation sites excluding steroid dienone is 3. The molecule has 0 saturated heterocycles. The molecule has 0 aromatic heterocycles. The number of esters is 1. The van der Waals surface area contributed by atoms with Crippen LogP contribution in [-0.4, -0.2) is 27.3 Å². The van der Waals surface area contributed by atoms with Crippen LogP contribution >= 0.6 is 0 Å². The molecule has 0 saturated carbocycles. The van der Waals surface area contributed by atoms with Crippen LogP contribution < -0.4 is 9.47 Å². The summed E-state index contributed by atoms with van der Waals surface area (Å²) in [5.74, 6) is 1.31. The number of hydrogen-bond acceptors (Lipinski definition) is 4. The van der Waals surface area contributed by atoms with Gasteiger partial charge in [0.15, 0.2) is 0 Å². The smallest absolute Gasteiger partial charge is 0.341 e. The molecular weight excluding hydrogens is 364 g/mol. The summed E-state index contributed by atoms with van der Waals surface area (Å²) in [6.07, 6.45) is 8.37. The van der Waals surface area contributed by atoms with Crippen molar-refractivity contribution in [1.82, 2.24) is 0 Å². The summed E-state index contributed by atoms with van der Waals surface area (Å²) in [7, 11) is 4.72. The summed E-state index contributed by atoms with van der Waals surface area (Å²) in [5, 5.41) is 0. The summed E-state index contributed by atoms with van der Waals surface area (Å²) in [5.41, 5.74) is 4.84. The van der Waals surface area contributed by atoms with Crippen molar-refractivity contribution in [3.63, 3.8) is 0 Å². The minimum Gasteiger partial charge on any atom is -0.496 e. The molecule has 0 amide bonds. The quantitative estimate of drug-likeness (QED) is 0.280. The second-order valence-corrected chi connectivity index (χ2v) is 8.04. The van der Waals surface area contributed by atoms with Gasteiger partial charge in [-0.3, -0.25) is 0 Å². The van der Waals surface area contributed by atoms with Crippen LogP contribution in [0.2, 0.25) is 0 Å². The molecule has 0 spiro atoms. The van der Waals surface area contributed by atoms with Crippen molar-refractivity contribution < 1.29 is 19.0 Å². The van der Waals surface area contributed by atoms with Gasteiger partial charge in [-0.2, -0.15) is 0 Å². The Hall–Kier alpha value is -2.23. The number of benzene rings is 1. The SMILES string of the molecule is C=C(C)[C@@H]1CCC(C)=C[C@H]1c1c(OC)cc(CCCCC)c(C(=O)OC)c1OC. The van der Waals surface area contributed by atoms with Crippen LogP contribution in [0.1, 0.15) is 80.3 Å². The fraction of sp³-hybridized carbons (Fsp3) is 0.560. The summed E-state index contributed by atoms with van der Waals surface area (Å²) < 4.78 is 16.8. The van der Waals surface area contributed by atoms with Gasteiger partial charge in [0, 0.05) is 11.5 Å². The lowest BCUT2D eigenvalue weighted by molar-refractivity contribution is 0.0595. The molecule has 0 aliphatic heterocycles. The third kappa shape index (κ3) is 5.04. The van der Waals surface area contributed by atoms with Crippen LogP contribution in [0, 0.1) is 5.92 Å². The molecule has 4 nitrogen and oxygen atoms in total. The van der Waals surface area contributed by atoms with E-state index in [1.54, 1.807) is 14.2 Å². The van der Waals surface area contributed by atoms with Crippen molar-refractivity contribution in [3.8, 4) is 11.5 Å². The Balaban J connectivity index is 2.74. The molecular formula is C25H36O4. The zero-order valence-electron chi connectivity index (χ0n) is 18.9. The van der Waals surface area contributed by atoms with Gasteiger partial charge in [-0.15, -0.1) is 0 Å². The zero-order valence-corrected chi connectivity index (χ0v) is 18.9. The molecule has 0 heterocycles. The molecule has 160 valence electrons. The van der Waals surface area contributed by atoms with E-state index >= 15 is 0 Å². The van der Waals surface area contributed by atoms with E-state index in [9.17, 15) is 4.79 Å². The molecule has 0 bridgehead atoms. The second-order valence-electron chi connectivity index (χ2n) is 8.04. The van der Waals surface area contributed by atoms with Gasteiger partial charge in [-0.25, -0.2) is 4.79 Å². The average molecular weight is 401 g/mol. The first-order chi connectivity index (χ1) is 13.9. The molecule has 1 aromatic carbocycles. The van der Waals surface area contributed by atoms with Crippen LogP contribution in [0.15, 0.2) is 29.9 Å². The first-order valence-electron chi connectivity index (χ1n) is 10.6. The molecule has 4 heteroatoms. The molecule has 1 aliphatic rings. The van der Waals surface area contributed by atoms with Gasteiger partial charge >= 0.3 is 5.97 Å². The number of hydrogen-bond donors (Lipinski definition) is 0. The number of rotatable bonds is 9. The summed E-state index contributed by atoms with van der Waals surface area (Å²) in [6, 6.07) is 2.01. The normalized spacial score (nSPS) is 18.8. The largest absolute Gasteiger partial charge is 0.496 e. The molecule has 1 aromatic rings. The first-order valence-corrected chi connectivity index (χ1v) is 10.6. The van der Waals surface area contributed by atoms with E-state index in [1.165, 1.54) is 12.7 Å². The predicted octanol–water partition coefficient (Wildman–Crippen LogP) is 6.24. The molecule has 0 radical (unpaired) electrons. The predicted molar refractivity (Wildman–Crippen MR) is 118 cm³/mol. The van der Waals surface area contributed by atoms with Crippen molar-refractivity contribution >= 4 is 5.97 Å². The van der Waals surface area contributed by atoms with Crippen molar-refractivity contribution in [2.24, 2.45) is 5.92 Å². The highest BCUT2D eigenvalue weighted by Gasteiger charge is 2.34. The van der Waals surface area contributed by atoms with E-state index in [2.05, 4.69) is 33.4 Å². The Morgan fingerprint density at radius 1 is 1.21 bits per heavy atom. The van der Waals surface area contributed by atoms with E-state index in [-0.39, 0.29) is 17.8 Å². The molecule has 2 rings (SSSR count). The van der Waals surface area contributed by atoms with Crippen LogP contribution in [0.5, 0.6) is 11.5 Å². The Morgan fingerprint density at radius 2 is 1.93 bits per heavy atom. The minimum absolute atomic E-state index is 0.0549. The fourth-order valence-corrected chi connectivity index (χ4v) is 4.39. The number of carbonyl (C=O) groups excluding carboxylic acids is 1. The lowest BCUT2D eigenvalue weighted by Crippen LogP contribution is -2.20. The second kappa shape index (κ2) is 10.5. The van der Waals surface area contributed by atoms with Gasteiger partial charge in [0.1, 0.15) is 17.1 Å². The van der Waals surface area contributed by atoms with E-state index in [0.29, 0.717) is 11.3 Å². The summed E-state index contributed by atoms with van der Waals surface area (Å²) >= 11 is 0. The molecule has 2 atom stereocenters. The van der Waals surface area contributed by atoms with E-state index in [0.717, 1.165) is 61.0 Å². The van der Waals surface area contributed by atoms with Crippen LogP contribution in [0.25, 0.3) is 0 Å². The third-order valence-electron chi connectivity index (χ3n) is 5.94. The van der Waals surface area contributed by atoms with Gasteiger partial charge in [0.05, 0.1) is 21.3 Å². The first kappa shape index (κ1) is 23.1. The van der Waals surface area contributed by atoms with Gasteiger partial charge in [0.2, 0.25) is 0 Å². The number of carbonyl (C=O) groups is 1. The van der Waals surface area contributed by atoms with E-state index in [1.807, 2.05) is 6.07 Å². The number of ether oxygens (including phenoxy) is 3. The van der Waals surface area contributed by atoms with Gasteiger partial charge in [0.25, 0.3) is 0 Å². The standard InChI is InChI=1S/C25H36O4/c1-8-9-10-11-18-15-21(27-5)23(24(28-6)22(18)25(26)29-7)20-14-17(4)12-13-19(20)16(2)3/h14-15,19-20H,2,8-13H2,1,3-7H3/t19-,20+/m0/s1. The van der Waals surface area contributed by atoms with Crippen molar-refractivity contribution in [2.75, 3.05) is 21.3 Å². The third-order valence-corrected chi connectivity index (χ3v) is 5.94. The molecule has 0 fully saturated rings. The van der Waals surface area contributed by atoms with Gasteiger partial charge in [-0.05, 0) is 57.1 Å². The van der Waals surface area contributed by atoms with E-state index < -0.39 is 0 Å². The Labute approximate surface area is 175 Å². The maximum absolute atomic E-state index is 12.8. The topological polar surface area (TPSA) is 44.8 Å². The van der Waals surface area contributed by atoms with Crippen LogP contribution in [0.4, 0.5) is 0 Å². The molecule has 1 aliphatic carbocycles.